The Kier molecular flexibility index (Phi) is 4.26. The number of aryl methyl sites for hydroxylation is 1. The summed E-state index contributed by atoms with van der Waals surface area (Å²) in [4.78, 5) is 27.3. The minimum Gasteiger partial charge on any atom is -0.353 e. The second-order valence-electron chi connectivity index (χ2n) is 5.58. The van der Waals surface area contributed by atoms with Gasteiger partial charge >= 0.3 is 0 Å². The number of hydrogen-bond donors (Lipinski definition) is 1. The number of nitrogens with zero attached hydrogens (tertiary/aromatic N) is 4. The van der Waals surface area contributed by atoms with Crippen molar-refractivity contribution < 1.29 is 4.79 Å². The van der Waals surface area contributed by atoms with Gasteiger partial charge in [-0.05, 0) is 26.5 Å². The van der Waals surface area contributed by atoms with Crippen LogP contribution in [-0.4, -0.2) is 60.5 Å². The van der Waals surface area contributed by atoms with E-state index < -0.39 is 0 Å². The zero-order valence-corrected chi connectivity index (χ0v) is 14.0. The van der Waals surface area contributed by atoms with Gasteiger partial charge in [0.1, 0.15) is 17.0 Å². The highest BCUT2D eigenvalue weighted by Gasteiger charge is 2.23. The van der Waals surface area contributed by atoms with Crippen LogP contribution in [0.15, 0.2) is 6.33 Å². The Morgan fingerprint density at radius 2 is 2.05 bits per heavy atom. The Balaban J connectivity index is 2.03. The molecule has 0 radical (unpaired) electrons. The molecule has 0 atom stereocenters. The van der Waals surface area contributed by atoms with Crippen molar-refractivity contribution in [1.29, 1.82) is 0 Å². The van der Waals surface area contributed by atoms with Crippen molar-refractivity contribution in [1.82, 2.24) is 20.2 Å². The molecule has 7 heteroatoms. The molecule has 0 saturated carbocycles. The van der Waals surface area contributed by atoms with Gasteiger partial charge in [0.15, 0.2) is 0 Å². The first kappa shape index (κ1) is 15.2. The van der Waals surface area contributed by atoms with Crippen LogP contribution in [0.5, 0.6) is 0 Å². The number of carbonyl (C=O) groups excluding carboxylic acids is 1. The number of piperazine rings is 1. The van der Waals surface area contributed by atoms with Gasteiger partial charge < -0.3 is 15.1 Å². The van der Waals surface area contributed by atoms with Crippen LogP contribution in [0.2, 0.25) is 0 Å². The Morgan fingerprint density at radius 1 is 1.32 bits per heavy atom. The van der Waals surface area contributed by atoms with Gasteiger partial charge in [0, 0.05) is 32.7 Å². The second kappa shape index (κ2) is 6.18. The Labute approximate surface area is 134 Å². The molecule has 2 aromatic heterocycles. The maximum atomic E-state index is 12.2. The standard InChI is InChI=1S/C15H21N5OS/c1-4-16-14(21)12-10(2)11-13(17-9-18-15(11)22-12)20-7-5-19(3)6-8-20/h9H,4-8H2,1-3H3,(H,16,21). The van der Waals surface area contributed by atoms with E-state index in [4.69, 9.17) is 0 Å². The SMILES string of the molecule is CCNC(=O)c1sc2ncnc(N3CCN(C)CC3)c2c1C. The number of fused-ring (bicyclic) bond motifs is 1. The number of likely N-dealkylation sites (N-methyl/N-ethyl adjacent to an activating group) is 1. The van der Waals surface area contributed by atoms with Crippen LogP contribution in [0, 0.1) is 6.92 Å². The van der Waals surface area contributed by atoms with Gasteiger partial charge in [-0.1, -0.05) is 0 Å². The van der Waals surface area contributed by atoms with Crippen molar-refractivity contribution in [2.45, 2.75) is 13.8 Å². The molecule has 118 valence electrons. The minimum atomic E-state index is -0.0210. The van der Waals surface area contributed by atoms with Crippen molar-refractivity contribution in [3.05, 3.63) is 16.8 Å². The lowest BCUT2D eigenvalue weighted by molar-refractivity contribution is 0.0959. The minimum absolute atomic E-state index is 0.0210. The lowest BCUT2D eigenvalue weighted by atomic mass is 10.1. The van der Waals surface area contributed by atoms with Gasteiger partial charge in [-0.3, -0.25) is 4.79 Å². The summed E-state index contributed by atoms with van der Waals surface area (Å²) in [6.45, 7) is 8.50. The number of anilines is 1. The van der Waals surface area contributed by atoms with E-state index in [0.29, 0.717) is 6.54 Å². The number of aromatic nitrogens is 2. The largest absolute Gasteiger partial charge is 0.353 e. The fourth-order valence-corrected chi connectivity index (χ4v) is 3.83. The van der Waals surface area contributed by atoms with Crippen molar-refractivity contribution in [3.8, 4) is 0 Å². The molecule has 0 aliphatic carbocycles. The third kappa shape index (κ3) is 2.66. The molecule has 3 rings (SSSR count). The molecule has 1 aliphatic heterocycles. The topological polar surface area (TPSA) is 61.4 Å². The number of amides is 1. The van der Waals surface area contributed by atoms with E-state index in [-0.39, 0.29) is 5.91 Å². The Morgan fingerprint density at radius 3 is 2.73 bits per heavy atom. The highest BCUT2D eigenvalue weighted by Crippen LogP contribution is 2.35. The van der Waals surface area contributed by atoms with E-state index >= 15 is 0 Å². The molecule has 22 heavy (non-hydrogen) atoms. The van der Waals surface area contributed by atoms with Crippen LogP contribution in [0.25, 0.3) is 10.2 Å². The fourth-order valence-electron chi connectivity index (χ4n) is 2.77. The van der Waals surface area contributed by atoms with Gasteiger partial charge in [-0.15, -0.1) is 11.3 Å². The van der Waals surface area contributed by atoms with Crippen LogP contribution in [0.1, 0.15) is 22.2 Å². The predicted octanol–water partition coefficient (Wildman–Crippen LogP) is 1.50. The van der Waals surface area contributed by atoms with E-state index in [9.17, 15) is 4.79 Å². The van der Waals surface area contributed by atoms with Crippen molar-refractivity contribution in [2.75, 3.05) is 44.7 Å². The lowest BCUT2D eigenvalue weighted by Gasteiger charge is -2.33. The molecular weight excluding hydrogens is 298 g/mol. The van der Waals surface area contributed by atoms with E-state index in [1.54, 1.807) is 6.33 Å². The number of hydrogen-bond acceptors (Lipinski definition) is 6. The number of nitrogens with one attached hydrogen (secondary N) is 1. The first-order valence-corrected chi connectivity index (χ1v) is 8.39. The maximum absolute atomic E-state index is 12.2. The molecule has 0 aromatic carbocycles. The molecule has 6 nitrogen and oxygen atoms in total. The summed E-state index contributed by atoms with van der Waals surface area (Å²) in [5.41, 5.74) is 0.987. The molecule has 1 aliphatic rings. The monoisotopic (exact) mass is 319 g/mol. The van der Waals surface area contributed by atoms with E-state index in [1.165, 1.54) is 11.3 Å². The molecule has 1 N–H and O–H groups in total. The van der Waals surface area contributed by atoms with Gasteiger partial charge in [0.2, 0.25) is 0 Å². The van der Waals surface area contributed by atoms with E-state index in [0.717, 1.165) is 52.7 Å². The van der Waals surface area contributed by atoms with Crippen LogP contribution in [0.4, 0.5) is 5.82 Å². The molecule has 3 heterocycles. The molecular formula is C15H21N5OS. The zero-order chi connectivity index (χ0) is 15.7. The normalized spacial score (nSPS) is 16.2. The Hall–Kier alpha value is -1.73. The second-order valence-corrected chi connectivity index (χ2v) is 6.58. The van der Waals surface area contributed by atoms with Gasteiger partial charge in [-0.25, -0.2) is 9.97 Å². The van der Waals surface area contributed by atoms with Crippen LogP contribution >= 0.6 is 11.3 Å². The molecule has 1 fully saturated rings. The molecule has 0 unspecified atom stereocenters. The lowest BCUT2D eigenvalue weighted by Crippen LogP contribution is -2.44. The summed E-state index contributed by atoms with van der Waals surface area (Å²) in [5.74, 6) is 0.940. The first-order valence-electron chi connectivity index (χ1n) is 7.57. The molecule has 1 saturated heterocycles. The van der Waals surface area contributed by atoms with Crippen LogP contribution in [0.3, 0.4) is 0 Å². The quantitative estimate of drug-likeness (QED) is 0.929. The van der Waals surface area contributed by atoms with Gasteiger partial charge in [-0.2, -0.15) is 0 Å². The van der Waals surface area contributed by atoms with E-state index in [1.807, 2.05) is 13.8 Å². The highest BCUT2D eigenvalue weighted by molar-refractivity contribution is 7.20. The van der Waals surface area contributed by atoms with Crippen molar-refractivity contribution in [2.24, 2.45) is 0 Å². The number of thiophene rings is 1. The van der Waals surface area contributed by atoms with Gasteiger partial charge in [0.25, 0.3) is 5.91 Å². The third-order valence-electron chi connectivity index (χ3n) is 4.05. The van der Waals surface area contributed by atoms with Gasteiger partial charge in [0.05, 0.1) is 10.3 Å². The predicted molar refractivity (Wildman–Crippen MR) is 89.9 cm³/mol. The summed E-state index contributed by atoms with van der Waals surface area (Å²) >= 11 is 1.45. The third-order valence-corrected chi connectivity index (χ3v) is 5.25. The first-order chi connectivity index (χ1) is 10.6. The Bertz CT molecular complexity index is 691. The summed E-state index contributed by atoms with van der Waals surface area (Å²) < 4.78 is 0. The van der Waals surface area contributed by atoms with Crippen LogP contribution < -0.4 is 10.2 Å². The van der Waals surface area contributed by atoms with Crippen molar-refractivity contribution >= 4 is 33.3 Å². The summed E-state index contributed by atoms with van der Waals surface area (Å²) in [6.07, 6.45) is 1.60. The molecule has 2 aromatic rings. The average molecular weight is 319 g/mol. The van der Waals surface area contributed by atoms with Crippen LogP contribution in [-0.2, 0) is 0 Å². The summed E-state index contributed by atoms with van der Waals surface area (Å²) in [6, 6.07) is 0. The summed E-state index contributed by atoms with van der Waals surface area (Å²) in [5, 5.41) is 3.90. The summed E-state index contributed by atoms with van der Waals surface area (Å²) in [7, 11) is 2.13. The number of rotatable bonds is 3. The number of carbonyl (C=O) groups is 1. The molecule has 0 spiro atoms. The smallest absolute Gasteiger partial charge is 0.261 e. The average Bonchev–Trinajstić information content (AvgIpc) is 2.86. The molecule has 1 amide bonds. The zero-order valence-electron chi connectivity index (χ0n) is 13.2. The maximum Gasteiger partial charge on any atom is 0.261 e. The fraction of sp³-hybridized carbons (Fsp3) is 0.533. The van der Waals surface area contributed by atoms with Crippen molar-refractivity contribution in [3.63, 3.8) is 0 Å². The molecule has 0 bridgehead atoms. The van der Waals surface area contributed by atoms with E-state index in [2.05, 4.69) is 32.1 Å². The highest BCUT2D eigenvalue weighted by atomic mass is 32.1.